The van der Waals surface area contributed by atoms with Gasteiger partial charge in [0.25, 0.3) is 11.5 Å². The van der Waals surface area contributed by atoms with Gasteiger partial charge in [-0.15, -0.1) is 0 Å². The number of amides is 1. The van der Waals surface area contributed by atoms with Gasteiger partial charge in [0.05, 0.1) is 10.9 Å². The summed E-state index contributed by atoms with van der Waals surface area (Å²) in [5, 5.41) is 2.68. The van der Waals surface area contributed by atoms with Gasteiger partial charge in [-0.1, -0.05) is 42.5 Å². The molecule has 8 heteroatoms. The van der Waals surface area contributed by atoms with E-state index in [1.54, 1.807) is 4.90 Å². The van der Waals surface area contributed by atoms with Crippen LogP contribution < -0.4 is 11.2 Å². The molecule has 1 saturated heterocycles. The molecule has 2 N–H and O–H groups in total. The molecule has 0 saturated carbocycles. The largest absolute Gasteiger partial charge is 0.336 e. The van der Waals surface area contributed by atoms with Crippen LogP contribution >= 0.6 is 0 Å². The van der Waals surface area contributed by atoms with Crippen LogP contribution in [0.2, 0.25) is 0 Å². The molecule has 0 unspecified atom stereocenters. The number of carbonyl (C=O) groups is 1. The molecule has 2 aromatic carbocycles. The molecule has 8 nitrogen and oxygen atoms in total. The summed E-state index contributed by atoms with van der Waals surface area (Å²) in [4.78, 5) is 49.2. The van der Waals surface area contributed by atoms with Gasteiger partial charge in [-0.25, -0.2) is 9.78 Å². The van der Waals surface area contributed by atoms with Crippen LogP contribution in [0.4, 0.5) is 0 Å². The van der Waals surface area contributed by atoms with E-state index in [0.717, 1.165) is 19.6 Å². The summed E-state index contributed by atoms with van der Waals surface area (Å²) in [7, 11) is 0. The van der Waals surface area contributed by atoms with Crippen molar-refractivity contribution >= 4 is 27.7 Å². The van der Waals surface area contributed by atoms with E-state index in [4.69, 9.17) is 0 Å². The minimum absolute atomic E-state index is 0.162. The second-order valence-electron chi connectivity index (χ2n) is 7.74. The summed E-state index contributed by atoms with van der Waals surface area (Å²) in [6.07, 6.45) is 1.41. The van der Waals surface area contributed by atoms with E-state index in [-0.39, 0.29) is 16.9 Å². The first kappa shape index (κ1) is 19.2. The first-order valence-electron chi connectivity index (χ1n) is 10.2. The quantitative estimate of drug-likeness (QED) is 0.531. The zero-order valence-corrected chi connectivity index (χ0v) is 16.8. The first-order valence-corrected chi connectivity index (χ1v) is 10.2. The molecule has 1 fully saturated rings. The summed E-state index contributed by atoms with van der Waals surface area (Å²) < 4.78 is 0. The fourth-order valence-corrected chi connectivity index (χ4v) is 4.13. The van der Waals surface area contributed by atoms with Gasteiger partial charge in [-0.05, 0) is 22.4 Å². The second-order valence-corrected chi connectivity index (χ2v) is 7.74. The van der Waals surface area contributed by atoms with Crippen LogP contribution in [-0.4, -0.2) is 56.8 Å². The summed E-state index contributed by atoms with van der Waals surface area (Å²) in [6.45, 7) is 3.57. The number of carbonyl (C=O) groups excluding carboxylic acids is 1. The zero-order chi connectivity index (χ0) is 21.4. The molecule has 2 aromatic heterocycles. The van der Waals surface area contributed by atoms with E-state index >= 15 is 0 Å². The topological polar surface area (TPSA) is 102 Å². The fourth-order valence-electron chi connectivity index (χ4n) is 4.13. The fraction of sp³-hybridized carbons (Fsp3) is 0.217. The van der Waals surface area contributed by atoms with Crippen LogP contribution in [0.1, 0.15) is 15.9 Å². The van der Waals surface area contributed by atoms with Crippen LogP contribution in [0.3, 0.4) is 0 Å². The number of hydrogen-bond donors (Lipinski definition) is 2. The second kappa shape index (κ2) is 7.81. The zero-order valence-electron chi connectivity index (χ0n) is 16.8. The van der Waals surface area contributed by atoms with Crippen molar-refractivity contribution in [2.45, 2.75) is 6.54 Å². The van der Waals surface area contributed by atoms with Gasteiger partial charge in [-0.3, -0.25) is 24.5 Å². The van der Waals surface area contributed by atoms with Crippen molar-refractivity contribution in [3.05, 3.63) is 86.7 Å². The maximum Gasteiger partial charge on any atom is 0.327 e. The Labute approximate surface area is 177 Å². The standard InChI is InChI=1S/C23H21N5O3/c29-21-19-12-17(13-24-20(19)25-23(31)26-21)22(30)28-10-8-27(9-11-28)14-16-6-3-5-15-4-1-2-7-18(15)16/h1-7,12-13H,8-11,14H2,(H2,24,25,26,29,31). The first-order chi connectivity index (χ1) is 15.1. The average Bonchev–Trinajstić information content (AvgIpc) is 2.79. The van der Waals surface area contributed by atoms with E-state index in [9.17, 15) is 14.4 Å². The number of aromatic nitrogens is 3. The van der Waals surface area contributed by atoms with Gasteiger partial charge in [0.2, 0.25) is 0 Å². The van der Waals surface area contributed by atoms with E-state index in [1.165, 1.54) is 28.6 Å². The van der Waals surface area contributed by atoms with Crippen molar-refractivity contribution in [1.29, 1.82) is 0 Å². The number of fused-ring (bicyclic) bond motifs is 2. The Morgan fingerprint density at radius 2 is 1.71 bits per heavy atom. The normalized spacial score (nSPS) is 14.9. The Morgan fingerprint density at radius 3 is 2.55 bits per heavy atom. The predicted molar refractivity (Wildman–Crippen MR) is 118 cm³/mol. The van der Waals surface area contributed by atoms with Gasteiger partial charge >= 0.3 is 5.69 Å². The number of nitrogens with one attached hydrogen (secondary N) is 2. The third kappa shape index (κ3) is 3.73. The van der Waals surface area contributed by atoms with Crippen LogP contribution in [0.5, 0.6) is 0 Å². The molecule has 5 rings (SSSR count). The highest BCUT2D eigenvalue weighted by Gasteiger charge is 2.23. The molecule has 1 amide bonds. The molecule has 0 bridgehead atoms. The molecule has 156 valence electrons. The Bertz CT molecular complexity index is 1390. The average molecular weight is 415 g/mol. The highest BCUT2D eigenvalue weighted by Crippen LogP contribution is 2.21. The number of H-pyrrole nitrogens is 2. The van der Waals surface area contributed by atoms with Gasteiger partial charge in [0.15, 0.2) is 0 Å². The highest BCUT2D eigenvalue weighted by atomic mass is 16.2. The number of pyridine rings is 1. The number of nitrogens with zero attached hydrogens (tertiary/aromatic N) is 3. The maximum absolute atomic E-state index is 12.9. The molecule has 3 heterocycles. The molecular weight excluding hydrogens is 394 g/mol. The van der Waals surface area contributed by atoms with Crippen molar-refractivity contribution < 1.29 is 4.79 Å². The molecule has 4 aromatic rings. The lowest BCUT2D eigenvalue weighted by molar-refractivity contribution is 0.0628. The molecule has 0 aliphatic carbocycles. The number of piperazine rings is 1. The van der Waals surface area contributed by atoms with Crippen LogP contribution in [0.15, 0.2) is 64.3 Å². The smallest absolute Gasteiger partial charge is 0.327 e. The van der Waals surface area contributed by atoms with E-state index in [1.807, 2.05) is 6.07 Å². The van der Waals surface area contributed by atoms with Gasteiger partial charge in [0, 0.05) is 38.9 Å². The van der Waals surface area contributed by atoms with Gasteiger partial charge < -0.3 is 4.90 Å². The molecule has 0 spiro atoms. The minimum atomic E-state index is -0.619. The van der Waals surface area contributed by atoms with Crippen molar-refractivity contribution in [2.24, 2.45) is 0 Å². The molecular formula is C23H21N5O3. The summed E-state index contributed by atoms with van der Waals surface area (Å²) in [5.74, 6) is -0.162. The van der Waals surface area contributed by atoms with Crippen molar-refractivity contribution in [3.63, 3.8) is 0 Å². The lowest BCUT2D eigenvalue weighted by atomic mass is 10.0. The van der Waals surface area contributed by atoms with Gasteiger partial charge in [-0.2, -0.15) is 0 Å². The van der Waals surface area contributed by atoms with Crippen molar-refractivity contribution in [2.75, 3.05) is 26.2 Å². The maximum atomic E-state index is 12.9. The van der Waals surface area contributed by atoms with E-state index in [0.29, 0.717) is 18.7 Å². The minimum Gasteiger partial charge on any atom is -0.336 e. The third-order valence-electron chi connectivity index (χ3n) is 5.77. The molecule has 31 heavy (non-hydrogen) atoms. The molecule has 1 aliphatic heterocycles. The Kier molecular flexibility index (Phi) is 4.83. The molecule has 0 atom stereocenters. The van der Waals surface area contributed by atoms with Crippen LogP contribution in [0, 0.1) is 0 Å². The van der Waals surface area contributed by atoms with E-state index in [2.05, 4.69) is 56.3 Å². The highest BCUT2D eigenvalue weighted by molar-refractivity contribution is 5.96. The number of benzene rings is 2. The van der Waals surface area contributed by atoms with Gasteiger partial charge in [0.1, 0.15) is 5.65 Å². The van der Waals surface area contributed by atoms with Crippen LogP contribution in [-0.2, 0) is 6.54 Å². The number of aromatic amines is 2. The number of rotatable bonds is 3. The summed E-state index contributed by atoms with van der Waals surface area (Å²) in [6, 6.07) is 16.2. The molecule has 1 aliphatic rings. The third-order valence-corrected chi connectivity index (χ3v) is 5.77. The number of hydrogen-bond acceptors (Lipinski definition) is 5. The van der Waals surface area contributed by atoms with Crippen molar-refractivity contribution in [3.8, 4) is 0 Å². The molecule has 0 radical (unpaired) electrons. The van der Waals surface area contributed by atoms with Crippen LogP contribution in [0.25, 0.3) is 21.8 Å². The predicted octanol–water partition coefficient (Wildman–Crippen LogP) is 1.72. The van der Waals surface area contributed by atoms with E-state index < -0.39 is 11.2 Å². The SMILES string of the molecule is O=C(c1cnc2[nH]c(=O)[nH]c(=O)c2c1)N1CCN(Cc2cccc3ccccc23)CC1. The van der Waals surface area contributed by atoms with Crippen molar-refractivity contribution in [1.82, 2.24) is 24.8 Å². The lowest BCUT2D eigenvalue weighted by Crippen LogP contribution is -2.48. The monoisotopic (exact) mass is 415 g/mol. The Hall–Kier alpha value is -3.78. The summed E-state index contributed by atoms with van der Waals surface area (Å²) >= 11 is 0. The summed E-state index contributed by atoms with van der Waals surface area (Å²) in [5.41, 5.74) is 0.620. The Balaban J connectivity index is 1.29. The lowest BCUT2D eigenvalue weighted by Gasteiger charge is -2.35. The Morgan fingerprint density at radius 1 is 0.935 bits per heavy atom.